The molecule has 0 radical (unpaired) electrons. The summed E-state index contributed by atoms with van der Waals surface area (Å²) in [5.74, 6) is 0.964. The van der Waals surface area contributed by atoms with E-state index in [-0.39, 0.29) is 11.2 Å². The number of hydrogen-bond acceptors (Lipinski definition) is 3. The minimum absolute atomic E-state index is 0.236. The summed E-state index contributed by atoms with van der Waals surface area (Å²) in [5.41, 5.74) is 0.988. The highest BCUT2D eigenvalue weighted by Crippen LogP contribution is 2.30. The maximum atomic E-state index is 9.78. The number of nitrogens with zero attached hydrogens (tertiary/aromatic N) is 1. The number of aliphatic imine (C=N–C) groups is 1. The van der Waals surface area contributed by atoms with Crippen molar-refractivity contribution in [2.45, 2.75) is 40.0 Å². The highest BCUT2D eigenvalue weighted by Gasteiger charge is 2.22. The van der Waals surface area contributed by atoms with Gasteiger partial charge in [0.15, 0.2) is 0 Å². The molecule has 0 aromatic heterocycles. The monoisotopic (exact) mass is 263 g/mol. The van der Waals surface area contributed by atoms with Crippen molar-refractivity contribution in [3.63, 3.8) is 0 Å². The molecule has 0 saturated heterocycles. The molecule has 3 heteroatoms. The van der Waals surface area contributed by atoms with Gasteiger partial charge in [-0.15, -0.1) is 0 Å². The summed E-state index contributed by atoms with van der Waals surface area (Å²) in [6.07, 6.45) is 5.12. The van der Waals surface area contributed by atoms with Gasteiger partial charge in [0, 0.05) is 18.3 Å². The molecule has 0 fully saturated rings. The van der Waals surface area contributed by atoms with Gasteiger partial charge in [0.25, 0.3) is 0 Å². The maximum absolute atomic E-state index is 9.78. The number of methoxy groups -OCH3 is 1. The summed E-state index contributed by atoms with van der Waals surface area (Å²) >= 11 is 0. The Kier molecular flexibility index (Phi) is 5.87. The lowest BCUT2D eigenvalue weighted by Gasteiger charge is -2.28. The van der Waals surface area contributed by atoms with Crippen LogP contribution in [0.4, 0.5) is 0 Å². The van der Waals surface area contributed by atoms with Gasteiger partial charge in [-0.1, -0.05) is 20.8 Å². The average Bonchev–Trinajstić information content (AvgIpc) is 2.46. The van der Waals surface area contributed by atoms with E-state index < -0.39 is 0 Å². The van der Waals surface area contributed by atoms with E-state index in [0.29, 0.717) is 5.56 Å². The lowest BCUT2D eigenvalue weighted by Crippen LogP contribution is -2.21. The summed E-state index contributed by atoms with van der Waals surface area (Å²) in [7, 11) is 1.61. The lowest BCUT2D eigenvalue weighted by molar-refractivity contribution is 0.263. The van der Waals surface area contributed by atoms with Gasteiger partial charge in [-0.3, -0.25) is 4.99 Å². The number of phenols is 1. The Balaban J connectivity index is 2.81. The molecule has 0 saturated carbocycles. The number of rotatable bonds is 7. The minimum Gasteiger partial charge on any atom is -0.507 e. The predicted molar refractivity (Wildman–Crippen MR) is 80.4 cm³/mol. The van der Waals surface area contributed by atoms with Crippen molar-refractivity contribution in [2.75, 3.05) is 13.7 Å². The topological polar surface area (TPSA) is 41.8 Å². The first-order chi connectivity index (χ1) is 9.10. The molecule has 0 amide bonds. The summed E-state index contributed by atoms with van der Waals surface area (Å²) in [4.78, 5) is 4.52. The summed E-state index contributed by atoms with van der Waals surface area (Å²) in [5, 5.41) is 9.78. The molecule has 106 valence electrons. The standard InChI is InChI=1S/C16H25NO2/c1-5-16(6-2,7-3)12-17-11-13-10-14(19-4)8-9-15(13)18/h8-11,18H,5-7,12H2,1-4H3/b17-11+. The second-order valence-electron chi connectivity index (χ2n) is 4.96. The van der Waals surface area contributed by atoms with Crippen molar-refractivity contribution in [1.29, 1.82) is 0 Å². The third kappa shape index (κ3) is 3.98. The molecule has 0 aliphatic heterocycles. The third-order valence-corrected chi connectivity index (χ3v) is 4.14. The van der Waals surface area contributed by atoms with E-state index in [4.69, 9.17) is 4.74 Å². The van der Waals surface area contributed by atoms with Crippen molar-refractivity contribution in [2.24, 2.45) is 10.4 Å². The van der Waals surface area contributed by atoms with Crippen molar-refractivity contribution in [3.8, 4) is 11.5 Å². The van der Waals surface area contributed by atoms with Crippen LogP contribution in [0.1, 0.15) is 45.6 Å². The average molecular weight is 263 g/mol. The van der Waals surface area contributed by atoms with Crippen molar-refractivity contribution >= 4 is 6.21 Å². The van der Waals surface area contributed by atoms with Crippen LogP contribution >= 0.6 is 0 Å². The summed E-state index contributed by atoms with van der Waals surface area (Å²) < 4.78 is 5.15. The van der Waals surface area contributed by atoms with E-state index in [1.165, 1.54) is 0 Å². The van der Waals surface area contributed by atoms with Crippen LogP contribution in [0.25, 0.3) is 0 Å². The predicted octanol–water partition coefficient (Wildman–Crippen LogP) is 4.04. The third-order valence-electron chi connectivity index (χ3n) is 4.14. The molecule has 19 heavy (non-hydrogen) atoms. The first-order valence-corrected chi connectivity index (χ1v) is 6.97. The second kappa shape index (κ2) is 7.17. The van der Waals surface area contributed by atoms with Crippen LogP contribution < -0.4 is 4.74 Å². The molecule has 0 unspecified atom stereocenters. The first kappa shape index (κ1) is 15.5. The zero-order chi connectivity index (χ0) is 14.3. The summed E-state index contributed by atoms with van der Waals surface area (Å²) in [6, 6.07) is 5.17. The van der Waals surface area contributed by atoms with Crippen LogP contribution in [0.5, 0.6) is 11.5 Å². The minimum atomic E-state index is 0.236. The quantitative estimate of drug-likeness (QED) is 0.754. The Morgan fingerprint density at radius 3 is 2.37 bits per heavy atom. The Bertz CT molecular complexity index is 414. The molecule has 0 aliphatic rings. The van der Waals surface area contributed by atoms with E-state index in [0.717, 1.165) is 31.6 Å². The van der Waals surface area contributed by atoms with E-state index in [2.05, 4.69) is 25.8 Å². The number of phenolic OH excluding ortho intramolecular Hbond substituents is 1. The Morgan fingerprint density at radius 2 is 1.84 bits per heavy atom. The molecule has 1 N–H and O–H groups in total. The SMILES string of the molecule is CCC(CC)(CC)C/N=C/c1cc(OC)ccc1O. The van der Waals surface area contributed by atoms with Crippen molar-refractivity contribution in [3.05, 3.63) is 23.8 Å². The van der Waals surface area contributed by atoms with Crippen molar-refractivity contribution < 1.29 is 9.84 Å². The van der Waals surface area contributed by atoms with Gasteiger partial charge in [-0.05, 0) is 42.9 Å². The zero-order valence-electron chi connectivity index (χ0n) is 12.4. The Hall–Kier alpha value is -1.51. The van der Waals surface area contributed by atoms with E-state index in [9.17, 15) is 5.11 Å². The number of benzene rings is 1. The molecule has 1 rings (SSSR count). The number of ether oxygens (including phenoxy) is 1. The fraction of sp³-hybridized carbons (Fsp3) is 0.562. The zero-order valence-corrected chi connectivity index (χ0v) is 12.4. The van der Waals surface area contributed by atoms with Crippen LogP contribution in [0.2, 0.25) is 0 Å². The second-order valence-corrected chi connectivity index (χ2v) is 4.96. The summed E-state index contributed by atoms with van der Waals surface area (Å²) in [6.45, 7) is 7.44. The van der Waals surface area contributed by atoms with Gasteiger partial charge in [-0.2, -0.15) is 0 Å². The molecular weight excluding hydrogens is 238 g/mol. The Labute approximate surface area is 116 Å². The van der Waals surface area contributed by atoms with Gasteiger partial charge in [0.1, 0.15) is 11.5 Å². The molecule has 0 heterocycles. The molecule has 3 nitrogen and oxygen atoms in total. The molecule has 0 bridgehead atoms. The Morgan fingerprint density at radius 1 is 1.21 bits per heavy atom. The fourth-order valence-electron chi connectivity index (χ4n) is 2.19. The van der Waals surface area contributed by atoms with Crippen LogP contribution in [-0.2, 0) is 0 Å². The molecule has 0 aliphatic carbocycles. The molecular formula is C16H25NO2. The molecule has 0 atom stereocenters. The van der Waals surface area contributed by atoms with E-state index >= 15 is 0 Å². The number of hydrogen-bond donors (Lipinski definition) is 1. The highest BCUT2D eigenvalue weighted by atomic mass is 16.5. The van der Waals surface area contributed by atoms with Crippen molar-refractivity contribution in [1.82, 2.24) is 0 Å². The maximum Gasteiger partial charge on any atom is 0.124 e. The van der Waals surface area contributed by atoms with Gasteiger partial charge >= 0.3 is 0 Å². The van der Waals surface area contributed by atoms with Gasteiger partial charge in [0.05, 0.1) is 7.11 Å². The smallest absolute Gasteiger partial charge is 0.124 e. The van der Waals surface area contributed by atoms with Gasteiger partial charge in [-0.25, -0.2) is 0 Å². The van der Waals surface area contributed by atoms with Crippen LogP contribution in [-0.4, -0.2) is 25.0 Å². The highest BCUT2D eigenvalue weighted by molar-refractivity contribution is 5.84. The largest absolute Gasteiger partial charge is 0.507 e. The van der Waals surface area contributed by atoms with Gasteiger partial charge < -0.3 is 9.84 Å². The van der Waals surface area contributed by atoms with E-state index in [1.54, 1.807) is 31.5 Å². The lowest BCUT2D eigenvalue weighted by atomic mass is 9.80. The first-order valence-electron chi connectivity index (χ1n) is 6.97. The number of aromatic hydroxyl groups is 1. The fourth-order valence-corrected chi connectivity index (χ4v) is 2.19. The molecule has 0 spiro atoms. The van der Waals surface area contributed by atoms with Crippen LogP contribution in [0.3, 0.4) is 0 Å². The molecule has 1 aromatic carbocycles. The van der Waals surface area contributed by atoms with Crippen LogP contribution in [0.15, 0.2) is 23.2 Å². The van der Waals surface area contributed by atoms with E-state index in [1.807, 2.05) is 0 Å². The molecule has 1 aromatic rings. The van der Waals surface area contributed by atoms with Gasteiger partial charge in [0.2, 0.25) is 0 Å². The normalized spacial score (nSPS) is 12.0. The van der Waals surface area contributed by atoms with Crippen LogP contribution in [0, 0.1) is 5.41 Å².